The van der Waals surface area contributed by atoms with Crippen molar-refractivity contribution in [2.45, 2.75) is 38.9 Å². The molecule has 0 spiro atoms. The Morgan fingerprint density at radius 3 is 2.54 bits per heavy atom. The van der Waals surface area contributed by atoms with Crippen molar-refractivity contribution in [2.24, 2.45) is 0 Å². The van der Waals surface area contributed by atoms with Gasteiger partial charge in [0.15, 0.2) is 0 Å². The Hall–Kier alpha value is -2.41. The SMILES string of the molecule is C[C@H]1CN(C(=O)CCn2c(=O)[nH]c(=O)c3ccccc32)C[C@H](C)N1. The smallest absolute Gasteiger partial charge is 0.328 e. The molecule has 128 valence electrons. The highest BCUT2D eigenvalue weighted by Gasteiger charge is 2.24. The molecule has 24 heavy (non-hydrogen) atoms. The molecule has 2 aromatic rings. The summed E-state index contributed by atoms with van der Waals surface area (Å²) in [5, 5.41) is 3.84. The van der Waals surface area contributed by atoms with E-state index in [1.54, 1.807) is 24.3 Å². The van der Waals surface area contributed by atoms with Gasteiger partial charge in [-0.1, -0.05) is 12.1 Å². The largest absolute Gasteiger partial charge is 0.340 e. The topological polar surface area (TPSA) is 87.2 Å². The summed E-state index contributed by atoms with van der Waals surface area (Å²) < 4.78 is 1.46. The third-order valence-corrected chi connectivity index (χ3v) is 4.36. The Bertz CT molecular complexity index is 860. The van der Waals surface area contributed by atoms with Gasteiger partial charge in [-0.15, -0.1) is 0 Å². The van der Waals surface area contributed by atoms with Crippen LogP contribution >= 0.6 is 0 Å². The molecule has 0 aliphatic carbocycles. The van der Waals surface area contributed by atoms with Crippen LogP contribution in [-0.4, -0.2) is 45.5 Å². The van der Waals surface area contributed by atoms with Crippen molar-refractivity contribution in [3.63, 3.8) is 0 Å². The fourth-order valence-electron chi connectivity index (χ4n) is 3.36. The first-order valence-electron chi connectivity index (χ1n) is 8.21. The number of benzene rings is 1. The molecule has 7 nitrogen and oxygen atoms in total. The molecule has 1 aliphatic rings. The zero-order chi connectivity index (χ0) is 17.3. The summed E-state index contributed by atoms with van der Waals surface area (Å²) in [5.41, 5.74) is -0.322. The number of rotatable bonds is 3. The van der Waals surface area contributed by atoms with E-state index < -0.39 is 11.2 Å². The van der Waals surface area contributed by atoms with Gasteiger partial charge < -0.3 is 10.2 Å². The molecule has 1 aromatic carbocycles. The van der Waals surface area contributed by atoms with Crippen molar-refractivity contribution >= 4 is 16.8 Å². The van der Waals surface area contributed by atoms with E-state index >= 15 is 0 Å². The summed E-state index contributed by atoms with van der Waals surface area (Å²) in [5.74, 6) is 0.0254. The molecule has 2 N–H and O–H groups in total. The number of nitrogens with one attached hydrogen (secondary N) is 2. The van der Waals surface area contributed by atoms with Crippen LogP contribution in [0.5, 0.6) is 0 Å². The number of carbonyl (C=O) groups excluding carboxylic acids is 1. The molecule has 1 saturated heterocycles. The first-order valence-corrected chi connectivity index (χ1v) is 8.21. The van der Waals surface area contributed by atoms with Gasteiger partial charge >= 0.3 is 5.69 Å². The van der Waals surface area contributed by atoms with Crippen molar-refractivity contribution in [3.05, 3.63) is 45.1 Å². The Morgan fingerprint density at radius 1 is 1.17 bits per heavy atom. The van der Waals surface area contributed by atoms with E-state index in [0.717, 1.165) is 0 Å². The number of hydrogen-bond donors (Lipinski definition) is 2. The number of fused-ring (bicyclic) bond motifs is 1. The number of carbonyl (C=O) groups is 1. The average molecular weight is 330 g/mol. The molecule has 1 amide bonds. The molecule has 2 heterocycles. The average Bonchev–Trinajstić information content (AvgIpc) is 2.53. The first-order chi connectivity index (χ1) is 11.5. The van der Waals surface area contributed by atoms with E-state index in [2.05, 4.69) is 24.1 Å². The third-order valence-electron chi connectivity index (χ3n) is 4.36. The molecule has 0 bridgehead atoms. The van der Waals surface area contributed by atoms with Crippen molar-refractivity contribution in [1.82, 2.24) is 19.8 Å². The number of amides is 1. The summed E-state index contributed by atoms with van der Waals surface area (Å²) in [6.45, 7) is 5.70. The van der Waals surface area contributed by atoms with Crippen LogP contribution in [0, 0.1) is 0 Å². The third kappa shape index (κ3) is 3.26. The maximum Gasteiger partial charge on any atom is 0.328 e. The van der Waals surface area contributed by atoms with Gasteiger partial charge in [-0.3, -0.25) is 19.1 Å². The number of piperazine rings is 1. The van der Waals surface area contributed by atoms with Crippen LogP contribution < -0.4 is 16.6 Å². The minimum absolute atomic E-state index is 0.0254. The quantitative estimate of drug-likeness (QED) is 0.847. The molecule has 0 unspecified atom stereocenters. The molecule has 0 saturated carbocycles. The Morgan fingerprint density at radius 2 is 1.83 bits per heavy atom. The minimum atomic E-state index is -0.478. The van der Waals surface area contributed by atoms with Gasteiger partial charge in [-0.2, -0.15) is 0 Å². The Kier molecular flexibility index (Phi) is 4.53. The van der Waals surface area contributed by atoms with Gasteiger partial charge in [0.25, 0.3) is 5.56 Å². The lowest BCUT2D eigenvalue weighted by molar-refractivity contribution is -0.133. The number of aromatic amines is 1. The highest BCUT2D eigenvalue weighted by Crippen LogP contribution is 2.09. The molecule has 3 rings (SSSR count). The Balaban J connectivity index is 1.80. The molecular weight excluding hydrogens is 308 g/mol. The fraction of sp³-hybridized carbons (Fsp3) is 0.471. The normalized spacial score (nSPS) is 21.2. The lowest BCUT2D eigenvalue weighted by atomic mass is 10.1. The predicted molar refractivity (Wildman–Crippen MR) is 92.1 cm³/mol. The maximum atomic E-state index is 12.5. The van der Waals surface area contributed by atoms with E-state index in [-0.39, 0.29) is 31.0 Å². The van der Waals surface area contributed by atoms with Gasteiger partial charge in [0.05, 0.1) is 10.9 Å². The number of hydrogen-bond acceptors (Lipinski definition) is 4. The highest BCUT2D eigenvalue weighted by atomic mass is 16.2. The van der Waals surface area contributed by atoms with E-state index in [9.17, 15) is 14.4 Å². The first kappa shape index (κ1) is 16.4. The zero-order valence-corrected chi connectivity index (χ0v) is 13.9. The number of H-pyrrole nitrogens is 1. The van der Waals surface area contributed by atoms with Crippen LogP contribution in [0.4, 0.5) is 0 Å². The second-order valence-corrected chi connectivity index (χ2v) is 6.45. The second-order valence-electron chi connectivity index (χ2n) is 6.45. The molecule has 7 heteroatoms. The fourth-order valence-corrected chi connectivity index (χ4v) is 3.36. The lowest BCUT2D eigenvalue weighted by Gasteiger charge is -2.36. The summed E-state index contributed by atoms with van der Waals surface area (Å²) >= 11 is 0. The van der Waals surface area contributed by atoms with Gasteiger partial charge in [-0.25, -0.2) is 4.79 Å². The van der Waals surface area contributed by atoms with Gasteiger partial charge in [0.2, 0.25) is 5.91 Å². The summed E-state index contributed by atoms with van der Waals surface area (Å²) in [4.78, 5) is 40.6. The molecular formula is C17H22N4O3. The number of aryl methyl sites for hydroxylation is 1. The summed E-state index contributed by atoms with van der Waals surface area (Å²) in [6, 6.07) is 7.45. The summed E-state index contributed by atoms with van der Waals surface area (Å²) in [7, 11) is 0. The predicted octanol–water partition coefficient (Wildman–Crippen LogP) is 0.289. The van der Waals surface area contributed by atoms with Crippen molar-refractivity contribution < 1.29 is 4.79 Å². The Labute approximate surface area is 139 Å². The molecule has 1 fully saturated rings. The second kappa shape index (κ2) is 6.60. The van der Waals surface area contributed by atoms with E-state index in [1.807, 2.05) is 4.90 Å². The maximum absolute atomic E-state index is 12.5. The number of para-hydroxylation sites is 1. The highest BCUT2D eigenvalue weighted by molar-refractivity contribution is 5.79. The van der Waals surface area contributed by atoms with E-state index in [0.29, 0.717) is 24.0 Å². The monoisotopic (exact) mass is 330 g/mol. The number of aromatic nitrogens is 2. The van der Waals surface area contributed by atoms with Gasteiger partial charge in [0.1, 0.15) is 0 Å². The lowest BCUT2D eigenvalue weighted by Crippen LogP contribution is -2.56. The van der Waals surface area contributed by atoms with Crippen LogP contribution in [0.3, 0.4) is 0 Å². The van der Waals surface area contributed by atoms with Crippen molar-refractivity contribution in [1.29, 1.82) is 0 Å². The van der Waals surface area contributed by atoms with Crippen LogP contribution in [-0.2, 0) is 11.3 Å². The zero-order valence-electron chi connectivity index (χ0n) is 13.9. The van der Waals surface area contributed by atoms with Crippen LogP contribution in [0.2, 0.25) is 0 Å². The minimum Gasteiger partial charge on any atom is -0.340 e. The molecule has 1 aliphatic heterocycles. The van der Waals surface area contributed by atoms with E-state index in [1.165, 1.54) is 4.57 Å². The standard InChI is InChI=1S/C17H22N4O3/c1-11-9-20(10-12(2)18-11)15(22)7-8-21-14-6-4-3-5-13(14)16(23)19-17(21)24/h3-6,11-12,18H,7-10H2,1-2H3,(H,19,23,24)/t11-,12-/m0/s1. The van der Waals surface area contributed by atoms with E-state index in [4.69, 9.17) is 0 Å². The van der Waals surface area contributed by atoms with Crippen molar-refractivity contribution in [2.75, 3.05) is 13.1 Å². The van der Waals surface area contributed by atoms with Crippen molar-refractivity contribution in [3.8, 4) is 0 Å². The summed E-state index contributed by atoms with van der Waals surface area (Å²) in [6.07, 6.45) is 0.232. The van der Waals surface area contributed by atoms with Crippen LogP contribution in [0.25, 0.3) is 10.9 Å². The molecule has 1 aromatic heterocycles. The van der Waals surface area contributed by atoms with Crippen LogP contribution in [0.15, 0.2) is 33.9 Å². The van der Waals surface area contributed by atoms with Crippen LogP contribution in [0.1, 0.15) is 20.3 Å². The van der Waals surface area contributed by atoms with Gasteiger partial charge in [-0.05, 0) is 26.0 Å². The molecule has 2 atom stereocenters. The molecule has 0 radical (unpaired) electrons. The van der Waals surface area contributed by atoms with Gasteiger partial charge in [0, 0.05) is 38.1 Å². The number of nitrogens with zero attached hydrogens (tertiary/aromatic N) is 2.